The molecule has 0 spiro atoms. The van der Waals surface area contributed by atoms with Gasteiger partial charge in [-0.1, -0.05) is 6.42 Å². The van der Waals surface area contributed by atoms with Crippen molar-refractivity contribution < 1.29 is 0 Å². The molecule has 4 nitrogen and oxygen atoms in total. The van der Waals surface area contributed by atoms with Crippen molar-refractivity contribution in [2.45, 2.75) is 31.7 Å². The summed E-state index contributed by atoms with van der Waals surface area (Å²) in [5, 5.41) is 9.87. The van der Waals surface area contributed by atoms with Gasteiger partial charge in [0.25, 0.3) is 5.56 Å². The second kappa shape index (κ2) is 3.92. The quantitative estimate of drug-likeness (QED) is 0.647. The van der Waals surface area contributed by atoms with Gasteiger partial charge in [0.2, 0.25) is 0 Å². The second-order valence-corrected chi connectivity index (χ2v) is 3.73. The number of fused-ring (bicyclic) bond motifs is 1. The minimum absolute atomic E-state index is 0.0968. The minimum Gasteiger partial charge on any atom is -0.312 e. The van der Waals surface area contributed by atoms with E-state index in [1.54, 1.807) is 6.07 Å². The zero-order chi connectivity index (χ0) is 9.97. The van der Waals surface area contributed by atoms with E-state index in [1.165, 1.54) is 6.42 Å². The van der Waals surface area contributed by atoms with Crippen LogP contribution in [0.4, 0.5) is 0 Å². The molecule has 76 valence electrons. The third-order valence-electron chi connectivity index (χ3n) is 2.79. The highest BCUT2D eigenvalue weighted by Gasteiger charge is 2.18. The minimum atomic E-state index is -0.0968. The van der Waals surface area contributed by atoms with Crippen LogP contribution in [0.3, 0.4) is 0 Å². The number of aryl methyl sites for hydroxylation is 1. The molecule has 0 fully saturated rings. The Hall–Kier alpha value is -1.16. The van der Waals surface area contributed by atoms with Crippen molar-refractivity contribution in [3.8, 4) is 0 Å². The van der Waals surface area contributed by atoms with E-state index >= 15 is 0 Å². The average Bonchev–Trinajstić information content (AvgIpc) is 2.38. The monoisotopic (exact) mass is 193 g/mol. The highest BCUT2D eigenvalue weighted by molar-refractivity contribution is 5.22. The Balaban J connectivity index is 2.44. The van der Waals surface area contributed by atoms with Crippen LogP contribution in [0.2, 0.25) is 0 Å². The summed E-state index contributed by atoms with van der Waals surface area (Å²) in [6.45, 7) is 0. The van der Waals surface area contributed by atoms with Gasteiger partial charge in [-0.25, -0.2) is 5.10 Å². The van der Waals surface area contributed by atoms with E-state index in [0.717, 1.165) is 30.5 Å². The fraction of sp³-hybridized carbons (Fsp3) is 0.600. The normalized spacial score (nSPS) is 21.4. The van der Waals surface area contributed by atoms with Crippen LogP contribution in [0.25, 0.3) is 0 Å². The second-order valence-electron chi connectivity index (χ2n) is 3.73. The number of aromatic amines is 1. The Morgan fingerprint density at radius 2 is 2.43 bits per heavy atom. The van der Waals surface area contributed by atoms with E-state index in [-0.39, 0.29) is 5.56 Å². The lowest BCUT2D eigenvalue weighted by atomic mass is 10.1. The standard InChI is InChI=1S/C10H15N3O/c1-11-8-5-3-2-4-7-6-9(14)12-13-10(7)8/h6,8,11H,2-5H2,1H3,(H,12,14)/t8-/m0/s1. The van der Waals surface area contributed by atoms with Gasteiger partial charge < -0.3 is 5.32 Å². The highest BCUT2D eigenvalue weighted by Crippen LogP contribution is 2.24. The summed E-state index contributed by atoms with van der Waals surface area (Å²) < 4.78 is 0. The fourth-order valence-electron chi connectivity index (χ4n) is 2.04. The molecule has 0 unspecified atom stereocenters. The fourth-order valence-corrected chi connectivity index (χ4v) is 2.04. The molecule has 1 aliphatic rings. The molecule has 0 bridgehead atoms. The van der Waals surface area contributed by atoms with Crippen molar-refractivity contribution in [3.63, 3.8) is 0 Å². The molecule has 0 radical (unpaired) electrons. The van der Waals surface area contributed by atoms with Gasteiger partial charge in [-0.15, -0.1) is 0 Å². The van der Waals surface area contributed by atoms with Crippen LogP contribution in [-0.2, 0) is 6.42 Å². The van der Waals surface area contributed by atoms with Crippen molar-refractivity contribution >= 4 is 0 Å². The number of nitrogens with one attached hydrogen (secondary N) is 2. The van der Waals surface area contributed by atoms with E-state index in [0.29, 0.717) is 6.04 Å². The molecule has 4 heteroatoms. The number of nitrogens with zero attached hydrogens (tertiary/aromatic N) is 1. The first-order valence-electron chi connectivity index (χ1n) is 5.07. The topological polar surface area (TPSA) is 57.8 Å². The van der Waals surface area contributed by atoms with Crippen LogP contribution < -0.4 is 10.9 Å². The molecule has 2 N–H and O–H groups in total. The number of hydrogen-bond donors (Lipinski definition) is 2. The molecule has 14 heavy (non-hydrogen) atoms. The van der Waals surface area contributed by atoms with E-state index in [1.807, 2.05) is 7.05 Å². The van der Waals surface area contributed by atoms with Gasteiger partial charge in [0.1, 0.15) is 0 Å². The van der Waals surface area contributed by atoms with Crippen molar-refractivity contribution in [1.82, 2.24) is 15.5 Å². The highest BCUT2D eigenvalue weighted by atomic mass is 16.1. The van der Waals surface area contributed by atoms with Crippen LogP contribution >= 0.6 is 0 Å². The number of hydrogen-bond acceptors (Lipinski definition) is 3. The maximum Gasteiger partial charge on any atom is 0.264 e. The zero-order valence-electron chi connectivity index (χ0n) is 8.34. The summed E-state index contributed by atoms with van der Waals surface area (Å²) in [5.41, 5.74) is 2.02. The molecule has 2 rings (SSSR count). The lowest BCUT2D eigenvalue weighted by Gasteiger charge is -2.14. The summed E-state index contributed by atoms with van der Waals surface area (Å²) in [5.74, 6) is 0. The Morgan fingerprint density at radius 3 is 3.21 bits per heavy atom. The molecule has 1 heterocycles. The van der Waals surface area contributed by atoms with Crippen molar-refractivity contribution in [2.75, 3.05) is 7.05 Å². The van der Waals surface area contributed by atoms with Crippen molar-refractivity contribution in [2.24, 2.45) is 0 Å². The van der Waals surface area contributed by atoms with Gasteiger partial charge in [-0.05, 0) is 31.9 Å². The first kappa shape index (κ1) is 9.40. The van der Waals surface area contributed by atoms with Gasteiger partial charge in [-0.2, -0.15) is 5.10 Å². The number of H-pyrrole nitrogens is 1. The largest absolute Gasteiger partial charge is 0.312 e. The Morgan fingerprint density at radius 1 is 1.57 bits per heavy atom. The van der Waals surface area contributed by atoms with Gasteiger partial charge in [0.15, 0.2) is 0 Å². The zero-order valence-corrected chi connectivity index (χ0v) is 8.34. The summed E-state index contributed by atoms with van der Waals surface area (Å²) in [6.07, 6.45) is 4.42. The Kier molecular flexibility index (Phi) is 2.63. The molecule has 0 amide bonds. The van der Waals surface area contributed by atoms with E-state index in [9.17, 15) is 4.79 Å². The SMILES string of the molecule is CN[C@H]1CCCCc2cc(=O)[nH]nc21. The first-order chi connectivity index (χ1) is 6.81. The van der Waals surface area contributed by atoms with E-state index in [2.05, 4.69) is 15.5 Å². The summed E-state index contributed by atoms with van der Waals surface area (Å²) in [6, 6.07) is 1.97. The average molecular weight is 193 g/mol. The maximum atomic E-state index is 11.1. The van der Waals surface area contributed by atoms with Crippen LogP contribution in [0.5, 0.6) is 0 Å². The Labute approximate surface area is 82.7 Å². The lowest BCUT2D eigenvalue weighted by molar-refractivity contribution is 0.517. The van der Waals surface area contributed by atoms with Gasteiger partial charge in [-0.3, -0.25) is 4.79 Å². The van der Waals surface area contributed by atoms with E-state index < -0.39 is 0 Å². The third kappa shape index (κ3) is 1.70. The summed E-state index contributed by atoms with van der Waals surface area (Å²) in [4.78, 5) is 11.1. The first-order valence-corrected chi connectivity index (χ1v) is 5.07. The van der Waals surface area contributed by atoms with Crippen LogP contribution in [-0.4, -0.2) is 17.2 Å². The lowest BCUT2D eigenvalue weighted by Crippen LogP contribution is -2.21. The van der Waals surface area contributed by atoms with Crippen molar-refractivity contribution in [1.29, 1.82) is 0 Å². The molecule has 1 aliphatic carbocycles. The van der Waals surface area contributed by atoms with E-state index in [4.69, 9.17) is 0 Å². The van der Waals surface area contributed by atoms with Crippen LogP contribution in [0.15, 0.2) is 10.9 Å². The third-order valence-corrected chi connectivity index (χ3v) is 2.79. The predicted octanol–water partition coefficient (Wildman–Crippen LogP) is 0.757. The molecule has 1 aromatic heterocycles. The van der Waals surface area contributed by atoms with Crippen molar-refractivity contribution in [3.05, 3.63) is 27.7 Å². The maximum absolute atomic E-state index is 11.1. The molecule has 0 saturated heterocycles. The molecular weight excluding hydrogens is 178 g/mol. The van der Waals surface area contributed by atoms with Crippen LogP contribution in [0.1, 0.15) is 36.6 Å². The van der Waals surface area contributed by atoms with Crippen LogP contribution in [0, 0.1) is 0 Å². The number of rotatable bonds is 1. The molecule has 0 aromatic carbocycles. The molecular formula is C10H15N3O. The summed E-state index contributed by atoms with van der Waals surface area (Å²) >= 11 is 0. The van der Waals surface area contributed by atoms with Gasteiger partial charge in [0.05, 0.1) is 11.7 Å². The smallest absolute Gasteiger partial charge is 0.264 e. The predicted molar refractivity (Wildman–Crippen MR) is 54.2 cm³/mol. The molecule has 1 atom stereocenters. The molecule has 0 aliphatic heterocycles. The van der Waals surface area contributed by atoms with Gasteiger partial charge >= 0.3 is 0 Å². The summed E-state index contributed by atoms with van der Waals surface area (Å²) in [7, 11) is 1.94. The molecule has 1 aromatic rings. The Bertz CT molecular complexity index is 372. The molecule has 0 saturated carbocycles. The van der Waals surface area contributed by atoms with Gasteiger partial charge in [0, 0.05) is 6.07 Å². The number of aromatic nitrogens is 2.